The van der Waals surface area contributed by atoms with Crippen LogP contribution in [0, 0.1) is 0 Å². The minimum atomic E-state index is -1.01. The van der Waals surface area contributed by atoms with Crippen LogP contribution in [0.5, 0.6) is 0 Å². The Labute approximate surface area is 197 Å². The summed E-state index contributed by atoms with van der Waals surface area (Å²) in [5.41, 5.74) is 1.48. The molecule has 0 fully saturated rings. The molecule has 1 aliphatic heterocycles. The van der Waals surface area contributed by atoms with Crippen molar-refractivity contribution in [2.75, 3.05) is 14.2 Å². The van der Waals surface area contributed by atoms with Crippen LogP contribution < -0.4 is 0 Å². The molecule has 0 spiro atoms. The van der Waals surface area contributed by atoms with E-state index >= 15 is 0 Å². The maximum Gasteiger partial charge on any atom is 0.306 e. The number of benzene rings is 1. The maximum absolute atomic E-state index is 11.2. The van der Waals surface area contributed by atoms with Crippen molar-refractivity contribution in [3.63, 3.8) is 0 Å². The average Bonchev–Trinajstić information content (AvgIpc) is 3.18. The number of carbonyl (C=O) groups is 1. The molecule has 2 atom stereocenters. The van der Waals surface area contributed by atoms with Gasteiger partial charge in [0.15, 0.2) is 23.2 Å². The first-order valence-corrected chi connectivity index (χ1v) is 10.5. The monoisotopic (exact) mass is 477 g/mol. The van der Waals surface area contributed by atoms with Gasteiger partial charge in [0.05, 0.1) is 32.4 Å². The van der Waals surface area contributed by atoms with Crippen LogP contribution in [0.2, 0.25) is 5.02 Å². The summed E-state index contributed by atoms with van der Waals surface area (Å²) >= 11 is 6.13. The lowest BCUT2D eigenvalue weighted by Gasteiger charge is -2.20. The van der Waals surface area contributed by atoms with E-state index in [1.807, 2.05) is 6.92 Å². The summed E-state index contributed by atoms with van der Waals surface area (Å²) in [5.74, 6) is 0.877. The third-order valence-corrected chi connectivity index (χ3v) is 5.07. The van der Waals surface area contributed by atoms with Gasteiger partial charge in [-0.25, -0.2) is 0 Å². The van der Waals surface area contributed by atoms with Crippen molar-refractivity contribution >= 4 is 17.6 Å². The Balaban J connectivity index is 0.000000365. The number of aliphatic carboxylic acids is 1. The normalized spacial score (nSPS) is 16.9. The quantitative estimate of drug-likeness (QED) is 0.329. The summed E-state index contributed by atoms with van der Waals surface area (Å²) in [5, 5.41) is 27.3. The van der Waals surface area contributed by atoms with Crippen LogP contribution in [-0.2, 0) is 25.6 Å². The Morgan fingerprint density at radius 3 is 2.55 bits per heavy atom. The molecule has 178 valence electrons. The molecule has 2 aromatic rings. The smallest absolute Gasteiger partial charge is 0.306 e. The third-order valence-electron chi connectivity index (χ3n) is 4.83. The highest BCUT2D eigenvalue weighted by Crippen LogP contribution is 2.40. The van der Waals surface area contributed by atoms with Crippen molar-refractivity contribution < 1.29 is 29.2 Å². The van der Waals surface area contributed by atoms with Gasteiger partial charge in [0, 0.05) is 10.6 Å². The van der Waals surface area contributed by atoms with Gasteiger partial charge in [0.2, 0.25) is 0 Å². The predicted molar refractivity (Wildman–Crippen MR) is 123 cm³/mol. The number of hydrogen-bond acceptors (Lipinski definition) is 7. The van der Waals surface area contributed by atoms with Crippen molar-refractivity contribution in [3.8, 4) is 5.69 Å². The van der Waals surface area contributed by atoms with Crippen LogP contribution in [0.25, 0.3) is 5.69 Å². The molecule has 1 aliphatic rings. The topological polar surface area (TPSA) is 116 Å². The molecular weight excluding hydrogens is 450 g/mol. The Bertz CT molecular complexity index is 1030. The fourth-order valence-electron chi connectivity index (χ4n) is 3.35. The summed E-state index contributed by atoms with van der Waals surface area (Å²) in [7, 11) is 3.14. The number of carboxylic acids is 1. The van der Waals surface area contributed by atoms with E-state index in [1.165, 1.54) is 0 Å². The van der Waals surface area contributed by atoms with E-state index in [0.29, 0.717) is 40.3 Å². The molecule has 1 aromatic carbocycles. The van der Waals surface area contributed by atoms with E-state index in [2.05, 4.69) is 23.4 Å². The summed E-state index contributed by atoms with van der Waals surface area (Å²) in [6, 6.07) is 5.26. The number of nitrogens with zero attached hydrogens (tertiary/aromatic N) is 3. The maximum atomic E-state index is 11.2. The SMILES string of the molecule is C=C(OC)/C(=C\C)OC.C=CCC1OC(CC(=O)O)c2nnc(CO)n2-c2ccc(Cl)cc21. The van der Waals surface area contributed by atoms with E-state index in [4.69, 9.17) is 25.8 Å². The molecule has 10 heteroatoms. The molecule has 0 bridgehead atoms. The van der Waals surface area contributed by atoms with Crippen LogP contribution in [0.4, 0.5) is 0 Å². The largest absolute Gasteiger partial charge is 0.494 e. The summed E-state index contributed by atoms with van der Waals surface area (Å²) < 4.78 is 17.3. The van der Waals surface area contributed by atoms with E-state index in [-0.39, 0.29) is 13.0 Å². The summed E-state index contributed by atoms with van der Waals surface area (Å²) in [4.78, 5) is 11.2. The Kier molecular flexibility index (Phi) is 9.65. The molecule has 2 N–H and O–H groups in total. The van der Waals surface area contributed by atoms with E-state index in [9.17, 15) is 15.0 Å². The van der Waals surface area contributed by atoms with Crippen molar-refractivity contribution in [2.45, 2.75) is 38.6 Å². The van der Waals surface area contributed by atoms with E-state index in [0.717, 1.165) is 5.56 Å². The van der Waals surface area contributed by atoms with Crippen molar-refractivity contribution in [1.29, 1.82) is 0 Å². The van der Waals surface area contributed by atoms with Gasteiger partial charge < -0.3 is 24.4 Å². The second-order valence-electron chi connectivity index (χ2n) is 6.89. The molecule has 0 radical (unpaired) electrons. The number of carboxylic acid groups (broad SMARTS) is 1. The van der Waals surface area contributed by atoms with Crippen LogP contribution in [0.1, 0.15) is 49.2 Å². The fourth-order valence-corrected chi connectivity index (χ4v) is 3.53. The lowest BCUT2D eigenvalue weighted by molar-refractivity contribution is -0.142. The van der Waals surface area contributed by atoms with Gasteiger partial charge in [-0.2, -0.15) is 0 Å². The van der Waals surface area contributed by atoms with Crippen LogP contribution in [-0.4, -0.2) is 45.2 Å². The Morgan fingerprint density at radius 1 is 1.30 bits per heavy atom. The molecule has 2 heterocycles. The van der Waals surface area contributed by atoms with E-state index < -0.39 is 18.2 Å². The molecule has 0 amide bonds. The minimum Gasteiger partial charge on any atom is -0.494 e. The molecule has 2 unspecified atom stereocenters. The number of hydrogen-bond donors (Lipinski definition) is 2. The number of halogens is 1. The van der Waals surface area contributed by atoms with Gasteiger partial charge in [-0.15, -0.1) is 16.8 Å². The molecule has 0 aliphatic carbocycles. The zero-order valence-electron chi connectivity index (χ0n) is 18.8. The fraction of sp³-hybridized carbons (Fsp3) is 0.348. The van der Waals surface area contributed by atoms with Crippen LogP contribution >= 0.6 is 11.6 Å². The first-order valence-electron chi connectivity index (χ1n) is 10.1. The molecule has 3 rings (SSSR count). The Morgan fingerprint density at radius 2 is 2.03 bits per heavy atom. The zero-order valence-corrected chi connectivity index (χ0v) is 19.6. The Hall–Kier alpha value is -3.14. The number of rotatable bonds is 8. The molecule has 9 nitrogen and oxygen atoms in total. The number of fused-ring (bicyclic) bond motifs is 3. The summed E-state index contributed by atoms with van der Waals surface area (Å²) in [6.07, 6.45) is 2.49. The van der Waals surface area contributed by atoms with Crippen molar-refractivity contribution in [3.05, 3.63) is 77.3 Å². The van der Waals surface area contributed by atoms with E-state index in [1.54, 1.807) is 49.1 Å². The first kappa shape index (κ1) is 26.1. The first-order chi connectivity index (χ1) is 15.8. The van der Waals surface area contributed by atoms with Gasteiger partial charge in [0.25, 0.3) is 0 Å². The highest BCUT2D eigenvalue weighted by Gasteiger charge is 2.33. The second kappa shape index (κ2) is 12.2. The number of allylic oxidation sites excluding steroid dienone is 1. The standard InChI is InChI=1S/C16H16ClN3O4.C7H12O2/c1-2-3-12-10-6-9(17)4-5-11(10)20-14(8-21)18-19-16(20)13(24-12)7-15(22)23;1-5-7(9-4)6(2)8-3/h2,4-6,12-13,21H,1,3,7-8H2,(H,22,23);5H,2H2,1,3-4H3/b;7-5+. The van der Waals surface area contributed by atoms with Gasteiger partial charge in [0.1, 0.15) is 12.7 Å². The molecule has 0 saturated heterocycles. The van der Waals surface area contributed by atoms with Gasteiger partial charge in [-0.3, -0.25) is 9.36 Å². The highest BCUT2D eigenvalue weighted by atomic mass is 35.5. The van der Waals surface area contributed by atoms with Gasteiger partial charge in [-0.05, 0) is 37.6 Å². The van der Waals surface area contributed by atoms with Gasteiger partial charge >= 0.3 is 5.97 Å². The van der Waals surface area contributed by atoms with Crippen LogP contribution in [0.3, 0.4) is 0 Å². The van der Waals surface area contributed by atoms with Crippen molar-refractivity contribution in [1.82, 2.24) is 14.8 Å². The molecule has 33 heavy (non-hydrogen) atoms. The lowest BCUT2D eigenvalue weighted by Crippen LogP contribution is -2.14. The number of aliphatic hydroxyl groups is 1. The number of ether oxygens (including phenoxy) is 3. The second-order valence-corrected chi connectivity index (χ2v) is 7.33. The zero-order chi connectivity index (χ0) is 24.5. The number of aromatic nitrogens is 3. The predicted octanol–water partition coefficient (Wildman–Crippen LogP) is 4.27. The molecular formula is C23H28ClN3O6. The highest BCUT2D eigenvalue weighted by molar-refractivity contribution is 6.30. The minimum absolute atomic E-state index is 0.265. The lowest BCUT2D eigenvalue weighted by atomic mass is 10.0. The van der Waals surface area contributed by atoms with Gasteiger partial charge in [-0.1, -0.05) is 24.3 Å². The molecule has 0 saturated carbocycles. The third kappa shape index (κ3) is 6.22. The molecule has 1 aromatic heterocycles. The number of methoxy groups -OCH3 is 2. The summed E-state index contributed by atoms with van der Waals surface area (Å²) in [6.45, 7) is 8.86. The number of aliphatic hydroxyl groups excluding tert-OH is 1. The average molecular weight is 478 g/mol. The van der Waals surface area contributed by atoms with Crippen LogP contribution in [0.15, 0.2) is 55.0 Å². The van der Waals surface area contributed by atoms with Crippen molar-refractivity contribution in [2.24, 2.45) is 0 Å².